The molecule has 0 bridgehead atoms. The number of hydrogen-bond acceptors (Lipinski definition) is 10. The van der Waals surface area contributed by atoms with Gasteiger partial charge in [0.1, 0.15) is 20.2 Å². The molecular weight excluding hydrogens is 525 g/mol. The lowest BCUT2D eigenvalue weighted by molar-refractivity contribution is 0.461. The van der Waals surface area contributed by atoms with Crippen LogP contribution in [0.25, 0.3) is 20.4 Å². The van der Waals surface area contributed by atoms with E-state index < -0.39 is 20.2 Å². The van der Waals surface area contributed by atoms with Crippen molar-refractivity contribution in [2.45, 2.75) is 36.7 Å². The van der Waals surface area contributed by atoms with Crippen LogP contribution in [0.2, 0.25) is 0 Å². The van der Waals surface area contributed by atoms with E-state index in [0.29, 0.717) is 32.1 Å². The van der Waals surface area contributed by atoms with Crippen LogP contribution in [0.4, 0.5) is 0 Å². The van der Waals surface area contributed by atoms with Crippen LogP contribution in [0.15, 0.2) is 56.4 Å². The quantitative estimate of drug-likeness (QED) is 0.281. The van der Waals surface area contributed by atoms with Crippen LogP contribution >= 0.6 is 22.7 Å². The molecule has 0 aliphatic carbocycles. The van der Waals surface area contributed by atoms with Crippen LogP contribution in [0, 0.1) is 0 Å². The third-order valence-electron chi connectivity index (χ3n) is 4.74. The first-order chi connectivity index (χ1) is 15.0. The molecule has 12 nitrogen and oxygen atoms in total. The molecule has 0 saturated carbocycles. The van der Waals surface area contributed by atoms with Crippen molar-refractivity contribution in [3.8, 4) is 0 Å². The summed E-state index contributed by atoms with van der Waals surface area (Å²) in [5, 5.41) is 8.68. The highest BCUT2D eigenvalue weighted by molar-refractivity contribution is 7.86. The number of quaternary nitrogens is 2. The first-order valence-corrected chi connectivity index (χ1v) is 13.7. The predicted octanol–water partition coefficient (Wildman–Crippen LogP) is 2.74. The van der Waals surface area contributed by atoms with Crippen LogP contribution in [0.1, 0.15) is 13.8 Å². The van der Waals surface area contributed by atoms with E-state index in [9.17, 15) is 25.9 Å². The number of aryl methyl sites for hydroxylation is 2. The van der Waals surface area contributed by atoms with E-state index >= 15 is 0 Å². The summed E-state index contributed by atoms with van der Waals surface area (Å²) < 4.78 is 72.9. The number of benzene rings is 2. The summed E-state index contributed by atoms with van der Waals surface area (Å²) in [6.45, 7) is 4.89. The van der Waals surface area contributed by atoms with Crippen LogP contribution in [0.5, 0.6) is 0 Å². The summed E-state index contributed by atoms with van der Waals surface area (Å²) in [7, 11) is -9.14. The van der Waals surface area contributed by atoms with Gasteiger partial charge in [0.05, 0.1) is 30.2 Å². The molecule has 2 aromatic carbocycles. The van der Waals surface area contributed by atoms with Gasteiger partial charge in [0.2, 0.25) is 9.60 Å². The number of aromatic nitrogens is 2. The Hall–Kier alpha value is -2.44. The smallest absolute Gasteiger partial charge is 0.211 e. The molecule has 4 aromatic rings. The molecule has 0 spiro atoms. The average molecular weight is 549 g/mol. The maximum absolute atomic E-state index is 11.3. The summed E-state index contributed by atoms with van der Waals surface area (Å²) in [6, 6.07) is 8.31. The number of fused-ring (bicyclic) bond motifs is 2. The van der Waals surface area contributed by atoms with Crippen molar-refractivity contribution in [2.75, 3.05) is 0 Å². The largest absolute Gasteiger partial charge is 0.744 e. The molecule has 4 rings (SSSR count). The van der Waals surface area contributed by atoms with Crippen LogP contribution < -0.4 is 21.9 Å². The molecule has 8 N–H and O–H groups in total. The van der Waals surface area contributed by atoms with Gasteiger partial charge in [-0.2, -0.15) is 0 Å². The standard InChI is InChI=1S/C18H18N4O6S4.2H3N/c1-3-21-13-7-5-11(31(23,24)25)9-15(13)29-17(21)19-20-18-22(4-2)14-8-6-12(32(26,27)28)10-16(14)30-18;;/h5-10H,3-4H2,1-2H3,(H,23,24,25)(H,26,27,28);2*1H3. The van der Waals surface area contributed by atoms with Crippen molar-refractivity contribution >= 4 is 63.3 Å². The Labute approximate surface area is 203 Å². The fraction of sp³-hybridized carbons (Fsp3) is 0.222. The maximum Gasteiger partial charge on any atom is 0.211 e. The van der Waals surface area contributed by atoms with Crippen molar-refractivity contribution in [2.24, 2.45) is 10.2 Å². The Morgan fingerprint density at radius 2 is 1.09 bits per heavy atom. The molecule has 0 unspecified atom stereocenters. The van der Waals surface area contributed by atoms with Crippen molar-refractivity contribution in [3.05, 3.63) is 46.0 Å². The van der Waals surface area contributed by atoms with Gasteiger partial charge in [-0.25, -0.2) is 16.8 Å². The van der Waals surface area contributed by atoms with E-state index in [-0.39, 0.29) is 22.1 Å². The van der Waals surface area contributed by atoms with Gasteiger partial charge in [0.15, 0.2) is 0 Å². The van der Waals surface area contributed by atoms with Gasteiger partial charge in [-0.15, -0.1) is 10.2 Å². The highest BCUT2D eigenvalue weighted by Gasteiger charge is 2.10. The zero-order valence-corrected chi connectivity index (χ0v) is 22.0. The molecule has 0 saturated heterocycles. The third kappa shape index (κ3) is 5.13. The highest BCUT2D eigenvalue weighted by atomic mass is 32.2. The molecule has 186 valence electrons. The summed E-state index contributed by atoms with van der Waals surface area (Å²) in [5.74, 6) is 0. The van der Waals surface area contributed by atoms with Crippen LogP contribution in [-0.4, -0.2) is 35.1 Å². The van der Waals surface area contributed by atoms with Gasteiger partial charge in [-0.05, 0) is 50.2 Å². The lowest BCUT2D eigenvalue weighted by Gasteiger charge is -2.06. The van der Waals surface area contributed by atoms with Crippen molar-refractivity contribution in [1.29, 1.82) is 0 Å². The van der Waals surface area contributed by atoms with Crippen LogP contribution in [0.3, 0.4) is 0 Å². The average Bonchev–Trinajstić information content (AvgIpc) is 3.26. The summed E-state index contributed by atoms with van der Waals surface area (Å²) in [5.41, 5.74) is 1.45. The molecule has 0 aliphatic rings. The highest BCUT2D eigenvalue weighted by Crippen LogP contribution is 2.23. The Kier molecular flexibility index (Phi) is 8.21. The van der Waals surface area contributed by atoms with E-state index in [2.05, 4.69) is 10.2 Å². The van der Waals surface area contributed by atoms with Gasteiger partial charge in [0.25, 0.3) is 0 Å². The van der Waals surface area contributed by atoms with Gasteiger partial charge < -0.3 is 30.5 Å². The molecule has 0 atom stereocenters. The molecular formula is C18H24N6O6S4. The molecule has 0 fully saturated rings. The van der Waals surface area contributed by atoms with E-state index in [1.54, 1.807) is 12.1 Å². The van der Waals surface area contributed by atoms with E-state index in [0.717, 1.165) is 11.0 Å². The van der Waals surface area contributed by atoms with Crippen molar-refractivity contribution in [3.63, 3.8) is 0 Å². The number of thiazole rings is 2. The zero-order valence-electron chi connectivity index (χ0n) is 18.7. The summed E-state index contributed by atoms with van der Waals surface area (Å²) >= 11 is 2.40. The Morgan fingerprint density at radius 3 is 1.38 bits per heavy atom. The molecule has 16 heteroatoms. The second-order valence-electron chi connectivity index (χ2n) is 6.63. The molecule has 2 heterocycles. The minimum atomic E-state index is -4.57. The third-order valence-corrected chi connectivity index (χ3v) is 8.46. The lowest BCUT2D eigenvalue weighted by atomic mass is 10.3. The molecule has 34 heavy (non-hydrogen) atoms. The van der Waals surface area contributed by atoms with Gasteiger partial charge in [0, 0.05) is 13.1 Å². The number of hydrogen-bond donors (Lipinski definition) is 2. The van der Waals surface area contributed by atoms with Gasteiger partial charge >= 0.3 is 0 Å². The van der Waals surface area contributed by atoms with Crippen molar-refractivity contribution in [1.82, 2.24) is 21.4 Å². The second kappa shape index (κ2) is 10.0. The Balaban J connectivity index is 0.00000204. The Bertz CT molecular complexity index is 1580. The van der Waals surface area contributed by atoms with E-state index in [4.69, 9.17) is 0 Å². The number of rotatable bonds is 5. The van der Waals surface area contributed by atoms with E-state index in [1.165, 1.54) is 46.9 Å². The summed E-state index contributed by atoms with van der Waals surface area (Å²) in [4.78, 5) is 0.391. The van der Waals surface area contributed by atoms with Gasteiger partial charge in [-0.3, -0.25) is 0 Å². The maximum atomic E-state index is 11.3. The topological polar surface area (TPSA) is 222 Å². The van der Waals surface area contributed by atoms with Crippen molar-refractivity contribution < 1.29 is 25.9 Å². The van der Waals surface area contributed by atoms with Gasteiger partial charge in [-0.1, -0.05) is 22.7 Å². The minimum absolute atomic E-state index is 0. The zero-order chi connectivity index (χ0) is 23.3. The minimum Gasteiger partial charge on any atom is -0.744 e. The SMILES string of the molecule is CCn1c(=NN=c2sc3cc(S(=O)(=O)[O-])ccc3n2CC)sc2cc(S(=O)(=O)[O-])ccc21.[NH4+].[NH4+]. The lowest BCUT2D eigenvalue weighted by Crippen LogP contribution is -2.16. The fourth-order valence-corrected chi connectivity index (χ4v) is 6.58. The fourth-order valence-electron chi connectivity index (χ4n) is 3.27. The number of nitrogens with zero attached hydrogens (tertiary/aromatic N) is 4. The molecule has 0 aliphatic heterocycles. The molecule has 2 aromatic heterocycles. The monoisotopic (exact) mass is 548 g/mol. The first kappa shape index (κ1) is 27.8. The van der Waals surface area contributed by atoms with E-state index in [1.807, 2.05) is 23.0 Å². The summed E-state index contributed by atoms with van der Waals surface area (Å²) in [6.07, 6.45) is 0. The Morgan fingerprint density at radius 1 is 0.735 bits per heavy atom. The molecule has 0 radical (unpaired) electrons. The first-order valence-electron chi connectivity index (χ1n) is 9.29. The second-order valence-corrected chi connectivity index (χ2v) is 11.4. The molecule has 0 amide bonds. The van der Waals surface area contributed by atoms with Crippen LogP contribution in [-0.2, 0) is 33.3 Å². The normalized spacial score (nSPS) is 13.3. The predicted molar refractivity (Wildman–Crippen MR) is 130 cm³/mol.